The maximum atomic E-state index is 4.35. The van der Waals surface area contributed by atoms with Crippen molar-refractivity contribution in [1.29, 1.82) is 0 Å². The van der Waals surface area contributed by atoms with Crippen LogP contribution in [0, 0.1) is 0 Å². The Morgan fingerprint density at radius 2 is 2.16 bits per heavy atom. The van der Waals surface area contributed by atoms with Gasteiger partial charge in [0, 0.05) is 38.1 Å². The lowest BCUT2D eigenvalue weighted by Crippen LogP contribution is -2.29. The average Bonchev–Trinajstić information content (AvgIpc) is 2.80. The lowest BCUT2D eigenvalue weighted by atomic mass is 10.1. The molecule has 0 spiro atoms. The summed E-state index contributed by atoms with van der Waals surface area (Å²) in [6.45, 7) is 7.00. The molecule has 0 aliphatic carbocycles. The molecule has 1 aliphatic rings. The van der Waals surface area contributed by atoms with Crippen molar-refractivity contribution in [3.05, 3.63) is 47.8 Å². The third kappa shape index (κ3) is 2.49. The van der Waals surface area contributed by atoms with Gasteiger partial charge in [-0.2, -0.15) is 5.10 Å². The molecule has 1 aromatic carbocycles. The van der Waals surface area contributed by atoms with Crippen molar-refractivity contribution in [1.82, 2.24) is 15.1 Å². The minimum absolute atomic E-state index is 0.923. The molecule has 4 heteroatoms. The Hall–Kier alpha value is -1.81. The molecule has 100 valence electrons. The molecular weight excluding hydrogens is 236 g/mol. The van der Waals surface area contributed by atoms with Crippen LogP contribution in [-0.4, -0.2) is 22.9 Å². The minimum atomic E-state index is 0.923. The number of para-hydroxylation sites is 1. The predicted molar refractivity (Wildman–Crippen MR) is 77.1 cm³/mol. The topological polar surface area (TPSA) is 33.1 Å². The van der Waals surface area contributed by atoms with Gasteiger partial charge in [0.2, 0.25) is 0 Å². The summed E-state index contributed by atoms with van der Waals surface area (Å²) in [5.74, 6) is 0. The number of hydrogen-bond acceptors (Lipinski definition) is 3. The molecule has 0 saturated carbocycles. The van der Waals surface area contributed by atoms with Gasteiger partial charge < -0.3 is 10.2 Å². The molecule has 4 nitrogen and oxygen atoms in total. The van der Waals surface area contributed by atoms with E-state index in [9.17, 15) is 0 Å². The van der Waals surface area contributed by atoms with Gasteiger partial charge in [-0.25, -0.2) is 0 Å². The van der Waals surface area contributed by atoms with Crippen molar-refractivity contribution in [2.45, 2.75) is 26.6 Å². The van der Waals surface area contributed by atoms with Crippen LogP contribution in [-0.2, 0) is 19.6 Å². The molecule has 0 atom stereocenters. The fraction of sp³-hybridized carbons (Fsp3) is 0.400. The van der Waals surface area contributed by atoms with E-state index < -0.39 is 0 Å². The van der Waals surface area contributed by atoms with Gasteiger partial charge in [0.05, 0.1) is 12.2 Å². The van der Waals surface area contributed by atoms with Gasteiger partial charge in [0.1, 0.15) is 0 Å². The number of hydrogen-bond donors (Lipinski definition) is 1. The van der Waals surface area contributed by atoms with Crippen molar-refractivity contribution in [3.8, 4) is 0 Å². The number of aryl methyl sites for hydroxylation is 1. The van der Waals surface area contributed by atoms with Crippen molar-refractivity contribution >= 4 is 5.69 Å². The Morgan fingerprint density at radius 1 is 1.26 bits per heavy atom. The molecule has 0 fully saturated rings. The predicted octanol–water partition coefficient (Wildman–Crippen LogP) is 2.01. The monoisotopic (exact) mass is 256 g/mol. The number of anilines is 1. The summed E-state index contributed by atoms with van der Waals surface area (Å²) < 4.78 is 2.07. The molecular formula is C15H20N4. The van der Waals surface area contributed by atoms with Crippen LogP contribution < -0.4 is 10.2 Å². The SMILES string of the molecule is CCn1nccc1CN1CCNCc2ccccc21. The first-order valence-electron chi connectivity index (χ1n) is 6.92. The zero-order valence-corrected chi connectivity index (χ0v) is 11.3. The van der Waals surface area contributed by atoms with Crippen molar-refractivity contribution in [3.63, 3.8) is 0 Å². The number of benzene rings is 1. The third-order valence-electron chi connectivity index (χ3n) is 3.66. The molecule has 19 heavy (non-hydrogen) atoms. The van der Waals surface area contributed by atoms with Crippen LogP contribution in [0.1, 0.15) is 18.2 Å². The molecule has 2 aromatic rings. The first-order chi connectivity index (χ1) is 9.38. The highest BCUT2D eigenvalue weighted by atomic mass is 15.3. The number of fused-ring (bicyclic) bond motifs is 1. The van der Waals surface area contributed by atoms with E-state index in [1.165, 1.54) is 16.9 Å². The maximum Gasteiger partial charge on any atom is 0.0599 e. The second-order valence-corrected chi connectivity index (χ2v) is 4.87. The summed E-state index contributed by atoms with van der Waals surface area (Å²) in [5.41, 5.74) is 4.00. The fourth-order valence-corrected chi connectivity index (χ4v) is 2.67. The quantitative estimate of drug-likeness (QED) is 0.912. The molecule has 0 saturated heterocycles. The van der Waals surface area contributed by atoms with Crippen molar-refractivity contribution in [2.75, 3.05) is 18.0 Å². The Balaban J connectivity index is 1.88. The van der Waals surface area contributed by atoms with Crippen LogP contribution in [0.15, 0.2) is 36.5 Å². The van der Waals surface area contributed by atoms with Gasteiger partial charge >= 0.3 is 0 Å². The van der Waals surface area contributed by atoms with Crippen LogP contribution in [0.5, 0.6) is 0 Å². The largest absolute Gasteiger partial charge is 0.364 e. The maximum absolute atomic E-state index is 4.35. The van der Waals surface area contributed by atoms with Gasteiger partial charge in [-0.1, -0.05) is 18.2 Å². The molecule has 1 aromatic heterocycles. The molecule has 0 radical (unpaired) electrons. The molecule has 2 heterocycles. The van der Waals surface area contributed by atoms with E-state index >= 15 is 0 Å². The summed E-state index contributed by atoms with van der Waals surface area (Å²) in [4.78, 5) is 2.44. The highest BCUT2D eigenvalue weighted by Gasteiger charge is 2.15. The summed E-state index contributed by atoms with van der Waals surface area (Å²) >= 11 is 0. The lowest BCUT2D eigenvalue weighted by Gasteiger charge is -2.24. The van der Waals surface area contributed by atoms with Crippen molar-refractivity contribution in [2.24, 2.45) is 0 Å². The molecule has 1 N–H and O–H groups in total. The highest BCUT2D eigenvalue weighted by Crippen LogP contribution is 2.23. The minimum Gasteiger partial charge on any atom is -0.364 e. The molecule has 0 bridgehead atoms. The molecule has 1 aliphatic heterocycles. The molecule has 0 unspecified atom stereocenters. The Kier molecular flexibility index (Phi) is 3.51. The van der Waals surface area contributed by atoms with Gasteiger partial charge in [0.15, 0.2) is 0 Å². The van der Waals surface area contributed by atoms with Gasteiger partial charge in [-0.05, 0) is 24.6 Å². The summed E-state index contributed by atoms with van der Waals surface area (Å²) in [7, 11) is 0. The van der Waals surface area contributed by atoms with Crippen LogP contribution in [0.25, 0.3) is 0 Å². The van der Waals surface area contributed by atoms with Crippen molar-refractivity contribution < 1.29 is 0 Å². The second kappa shape index (κ2) is 5.45. The first-order valence-corrected chi connectivity index (χ1v) is 6.92. The van der Waals surface area contributed by atoms with Crippen LogP contribution in [0.2, 0.25) is 0 Å². The Bertz CT molecular complexity index is 547. The normalized spacial score (nSPS) is 15.1. The van der Waals surface area contributed by atoms with E-state index in [1.807, 2.05) is 6.20 Å². The van der Waals surface area contributed by atoms with Gasteiger partial charge in [-0.15, -0.1) is 0 Å². The second-order valence-electron chi connectivity index (χ2n) is 4.87. The zero-order chi connectivity index (χ0) is 13.1. The van der Waals surface area contributed by atoms with E-state index in [0.29, 0.717) is 0 Å². The van der Waals surface area contributed by atoms with Gasteiger partial charge in [-0.3, -0.25) is 4.68 Å². The van der Waals surface area contributed by atoms with Crippen LogP contribution in [0.4, 0.5) is 5.69 Å². The number of rotatable bonds is 3. The first kappa shape index (κ1) is 12.2. The molecule has 3 rings (SSSR count). The lowest BCUT2D eigenvalue weighted by molar-refractivity contribution is 0.605. The summed E-state index contributed by atoms with van der Waals surface area (Å²) in [6, 6.07) is 10.8. The number of nitrogens with zero attached hydrogens (tertiary/aromatic N) is 3. The van der Waals surface area contributed by atoms with E-state index in [2.05, 4.69) is 57.3 Å². The fourth-order valence-electron chi connectivity index (χ4n) is 2.67. The number of aromatic nitrogens is 2. The van der Waals surface area contributed by atoms with E-state index in [1.54, 1.807) is 0 Å². The van der Waals surface area contributed by atoms with Gasteiger partial charge in [0.25, 0.3) is 0 Å². The zero-order valence-electron chi connectivity index (χ0n) is 11.3. The summed E-state index contributed by atoms with van der Waals surface area (Å²) in [6.07, 6.45) is 1.89. The Morgan fingerprint density at radius 3 is 3.05 bits per heavy atom. The summed E-state index contributed by atoms with van der Waals surface area (Å²) in [5, 5.41) is 7.83. The Labute approximate surface area is 114 Å². The van der Waals surface area contributed by atoms with E-state index in [4.69, 9.17) is 0 Å². The molecule has 0 amide bonds. The van der Waals surface area contributed by atoms with Crippen LogP contribution in [0.3, 0.4) is 0 Å². The standard InChI is InChI=1S/C15H20N4/c1-2-19-14(7-8-17-19)12-18-10-9-16-11-13-5-3-4-6-15(13)18/h3-8,16H,2,9-12H2,1H3. The van der Waals surface area contributed by atoms with Crippen LogP contribution >= 0.6 is 0 Å². The average molecular weight is 256 g/mol. The third-order valence-corrected chi connectivity index (χ3v) is 3.66. The smallest absolute Gasteiger partial charge is 0.0599 e. The number of nitrogens with one attached hydrogen (secondary N) is 1. The van der Waals surface area contributed by atoms with E-state index in [0.717, 1.165) is 32.7 Å². The highest BCUT2D eigenvalue weighted by molar-refractivity contribution is 5.54. The van der Waals surface area contributed by atoms with E-state index in [-0.39, 0.29) is 0 Å².